The highest BCUT2D eigenvalue weighted by Crippen LogP contribution is 2.13. The largest absolute Gasteiger partial charge is 0.356 e. The monoisotopic (exact) mass is 271 g/mol. The molecule has 0 aliphatic carbocycles. The molecule has 0 heterocycles. The van der Waals surface area contributed by atoms with Crippen molar-refractivity contribution in [1.82, 2.24) is 10.6 Å². The van der Waals surface area contributed by atoms with Crippen LogP contribution in [0, 0.1) is 5.92 Å². The van der Waals surface area contributed by atoms with E-state index in [0.29, 0.717) is 31.8 Å². The second kappa shape index (κ2) is 8.91. The van der Waals surface area contributed by atoms with Gasteiger partial charge in [0.05, 0.1) is 5.54 Å². The smallest absolute Gasteiger partial charge is 0.222 e. The Bertz CT molecular complexity index is 278. The fourth-order valence-electron chi connectivity index (χ4n) is 1.88. The van der Waals surface area contributed by atoms with Gasteiger partial charge in [-0.2, -0.15) is 0 Å². The van der Waals surface area contributed by atoms with Crippen LogP contribution < -0.4 is 16.4 Å². The molecule has 0 spiro atoms. The summed E-state index contributed by atoms with van der Waals surface area (Å²) in [6, 6.07) is 0. The average Bonchev–Trinajstić information content (AvgIpc) is 2.35. The van der Waals surface area contributed by atoms with E-state index in [1.807, 2.05) is 27.7 Å². The van der Waals surface area contributed by atoms with E-state index in [1.54, 1.807) is 0 Å². The first kappa shape index (κ1) is 17.9. The van der Waals surface area contributed by atoms with Gasteiger partial charge in [-0.25, -0.2) is 0 Å². The summed E-state index contributed by atoms with van der Waals surface area (Å²) in [7, 11) is 0. The highest BCUT2D eigenvalue weighted by atomic mass is 16.2. The van der Waals surface area contributed by atoms with Crippen molar-refractivity contribution in [3.8, 4) is 0 Å². The van der Waals surface area contributed by atoms with E-state index in [0.717, 1.165) is 12.8 Å². The molecule has 112 valence electrons. The molecule has 0 atom stereocenters. The lowest BCUT2D eigenvalue weighted by Gasteiger charge is -2.31. The molecule has 0 unspecified atom stereocenters. The predicted octanol–water partition coefficient (Wildman–Crippen LogP) is 1.17. The summed E-state index contributed by atoms with van der Waals surface area (Å²) in [5, 5.41) is 5.73. The molecular weight excluding hydrogens is 242 g/mol. The van der Waals surface area contributed by atoms with Gasteiger partial charge in [0.1, 0.15) is 0 Å². The summed E-state index contributed by atoms with van der Waals surface area (Å²) in [5.74, 6) is 0.275. The van der Waals surface area contributed by atoms with Crippen LogP contribution >= 0.6 is 0 Å². The number of carbonyl (C=O) groups is 2. The lowest BCUT2D eigenvalue weighted by molar-refractivity contribution is -0.123. The van der Waals surface area contributed by atoms with Gasteiger partial charge in [0.2, 0.25) is 11.8 Å². The summed E-state index contributed by atoms with van der Waals surface area (Å²) >= 11 is 0. The Morgan fingerprint density at radius 3 is 2.16 bits per heavy atom. The highest BCUT2D eigenvalue weighted by molar-refractivity contribution is 5.79. The van der Waals surface area contributed by atoms with Gasteiger partial charge in [0, 0.05) is 25.9 Å². The molecule has 4 N–H and O–H groups in total. The van der Waals surface area contributed by atoms with Crippen LogP contribution in [0.25, 0.3) is 0 Å². The van der Waals surface area contributed by atoms with Gasteiger partial charge in [0.15, 0.2) is 0 Å². The van der Waals surface area contributed by atoms with Crippen molar-refractivity contribution in [3.05, 3.63) is 0 Å². The fourth-order valence-corrected chi connectivity index (χ4v) is 1.88. The number of amides is 2. The normalized spacial score (nSPS) is 11.5. The third-order valence-electron chi connectivity index (χ3n) is 3.42. The number of nitrogens with two attached hydrogens (primary N) is 1. The molecule has 0 saturated heterocycles. The van der Waals surface area contributed by atoms with Gasteiger partial charge in [-0.3, -0.25) is 9.59 Å². The SMILES string of the molecule is CCC(CC)(CN)NC(=O)CCNC(=O)CC(C)C. The second-order valence-corrected chi connectivity index (χ2v) is 5.44. The number of hydrogen-bond acceptors (Lipinski definition) is 3. The second-order valence-electron chi connectivity index (χ2n) is 5.44. The zero-order valence-electron chi connectivity index (χ0n) is 12.7. The zero-order valence-corrected chi connectivity index (χ0v) is 12.7. The molecule has 5 nitrogen and oxygen atoms in total. The van der Waals surface area contributed by atoms with Gasteiger partial charge < -0.3 is 16.4 Å². The van der Waals surface area contributed by atoms with E-state index in [-0.39, 0.29) is 17.4 Å². The maximum Gasteiger partial charge on any atom is 0.222 e. The quantitative estimate of drug-likeness (QED) is 0.588. The maximum absolute atomic E-state index is 11.8. The van der Waals surface area contributed by atoms with E-state index in [9.17, 15) is 9.59 Å². The molecule has 19 heavy (non-hydrogen) atoms. The molecule has 0 bridgehead atoms. The lowest BCUT2D eigenvalue weighted by atomic mass is 9.93. The maximum atomic E-state index is 11.8. The lowest BCUT2D eigenvalue weighted by Crippen LogP contribution is -2.53. The molecule has 0 aromatic carbocycles. The minimum Gasteiger partial charge on any atom is -0.356 e. The van der Waals surface area contributed by atoms with Crippen molar-refractivity contribution >= 4 is 11.8 Å². The van der Waals surface area contributed by atoms with Gasteiger partial charge >= 0.3 is 0 Å². The molecule has 2 amide bonds. The van der Waals surface area contributed by atoms with Crippen molar-refractivity contribution < 1.29 is 9.59 Å². The third-order valence-corrected chi connectivity index (χ3v) is 3.42. The molecule has 0 rings (SSSR count). The van der Waals surface area contributed by atoms with Crippen molar-refractivity contribution in [2.24, 2.45) is 11.7 Å². The molecule has 5 heteroatoms. The molecule has 0 aromatic heterocycles. The molecule has 0 aromatic rings. The van der Waals surface area contributed by atoms with E-state index in [2.05, 4.69) is 10.6 Å². The molecule has 0 aliphatic heterocycles. The van der Waals surface area contributed by atoms with Crippen molar-refractivity contribution in [1.29, 1.82) is 0 Å². The van der Waals surface area contributed by atoms with Crippen LogP contribution in [0.3, 0.4) is 0 Å². The van der Waals surface area contributed by atoms with E-state index in [1.165, 1.54) is 0 Å². The Labute approximate surface area is 116 Å². The average molecular weight is 271 g/mol. The summed E-state index contributed by atoms with van der Waals surface area (Å²) < 4.78 is 0. The Kier molecular flexibility index (Phi) is 8.39. The summed E-state index contributed by atoms with van der Waals surface area (Å²) in [6.07, 6.45) is 2.42. The summed E-state index contributed by atoms with van der Waals surface area (Å²) in [5.41, 5.74) is 5.42. The minimum atomic E-state index is -0.307. The fraction of sp³-hybridized carbons (Fsp3) is 0.857. The molecular formula is C14H29N3O2. The first-order valence-corrected chi connectivity index (χ1v) is 7.16. The van der Waals surface area contributed by atoms with Gasteiger partial charge in [-0.1, -0.05) is 27.7 Å². The van der Waals surface area contributed by atoms with Crippen LogP contribution in [0.2, 0.25) is 0 Å². The van der Waals surface area contributed by atoms with Gasteiger partial charge in [-0.15, -0.1) is 0 Å². The Balaban J connectivity index is 4.02. The molecule has 0 radical (unpaired) electrons. The number of carbonyl (C=O) groups excluding carboxylic acids is 2. The third kappa shape index (κ3) is 7.15. The van der Waals surface area contributed by atoms with Gasteiger partial charge in [-0.05, 0) is 18.8 Å². The first-order chi connectivity index (χ1) is 8.89. The molecule has 0 saturated carbocycles. The Hall–Kier alpha value is -1.10. The van der Waals surface area contributed by atoms with E-state index < -0.39 is 0 Å². The van der Waals surface area contributed by atoms with Crippen LogP contribution in [0.1, 0.15) is 53.4 Å². The van der Waals surface area contributed by atoms with E-state index in [4.69, 9.17) is 5.73 Å². The Morgan fingerprint density at radius 1 is 1.16 bits per heavy atom. The number of rotatable bonds is 9. The summed E-state index contributed by atoms with van der Waals surface area (Å²) in [4.78, 5) is 23.2. The standard InChI is InChI=1S/C14H29N3O2/c1-5-14(6-2,10-15)17-12(18)7-8-16-13(19)9-11(3)4/h11H,5-10,15H2,1-4H3,(H,16,19)(H,17,18). The van der Waals surface area contributed by atoms with Crippen LogP contribution in [-0.4, -0.2) is 30.4 Å². The summed E-state index contributed by atoms with van der Waals surface area (Å²) in [6.45, 7) is 8.83. The van der Waals surface area contributed by atoms with Crippen molar-refractivity contribution in [2.75, 3.05) is 13.1 Å². The first-order valence-electron chi connectivity index (χ1n) is 7.16. The van der Waals surface area contributed by atoms with Crippen LogP contribution in [0.5, 0.6) is 0 Å². The number of nitrogens with one attached hydrogen (secondary N) is 2. The van der Waals surface area contributed by atoms with E-state index >= 15 is 0 Å². The Morgan fingerprint density at radius 2 is 1.74 bits per heavy atom. The van der Waals surface area contributed by atoms with Crippen LogP contribution in [-0.2, 0) is 9.59 Å². The predicted molar refractivity (Wildman–Crippen MR) is 77.6 cm³/mol. The van der Waals surface area contributed by atoms with Gasteiger partial charge in [0.25, 0.3) is 0 Å². The van der Waals surface area contributed by atoms with Crippen molar-refractivity contribution in [2.45, 2.75) is 58.9 Å². The minimum absolute atomic E-state index is 0.00105. The molecule has 0 fully saturated rings. The van der Waals surface area contributed by atoms with Crippen LogP contribution in [0.15, 0.2) is 0 Å². The highest BCUT2D eigenvalue weighted by Gasteiger charge is 2.25. The zero-order chi connectivity index (χ0) is 14.9. The van der Waals surface area contributed by atoms with Crippen LogP contribution in [0.4, 0.5) is 0 Å². The number of hydrogen-bond donors (Lipinski definition) is 3. The topological polar surface area (TPSA) is 84.2 Å². The van der Waals surface area contributed by atoms with Crippen molar-refractivity contribution in [3.63, 3.8) is 0 Å². The molecule has 0 aliphatic rings.